The second kappa shape index (κ2) is 5.11. The van der Waals surface area contributed by atoms with E-state index in [4.69, 9.17) is 9.29 Å². The molecule has 2 nitrogen and oxygen atoms in total. The molecule has 1 N–H and O–H groups in total. The van der Waals surface area contributed by atoms with Crippen LogP contribution in [0.3, 0.4) is 0 Å². The Morgan fingerprint density at radius 3 is 2.68 bits per heavy atom. The minimum atomic E-state index is -3.77. The van der Waals surface area contributed by atoms with Gasteiger partial charge in [0.2, 0.25) is 0 Å². The molecule has 3 aliphatic carbocycles. The third-order valence-electron chi connectivity index (χ3n) is 5.31. The van der Waals surface area contributed by atoms with Gasteiger partial charge in [-0.2, -0.15) is 8.78 Å². The van der Waals surface area contributed by atoms with E-state index in [1.807, 2.05) is 0 Å². The Hall–Kier alpha value is 0.0600. The topological polar surface area (TPSA) is 29.5 Å². The van der Waals surface area contributed by atoms with Crippen molar-refractivity contribution in [3.8, 4) is 0 Å². The zero-order valence-corrected chi connectivity index (χ0v) is 11.4. The number of halogens is 3. The van der Waals surface area contributed by atoms with Crippen LogP contribution in [0.25, 0.3) is 0 Å². The standard InChI is InChI=1S/C13H19F3O2S/c14-12(13(15,16)19-17)6-18-11-5-7-4-10(11)9-3-1-2-8(7)9/h7-12,17H,1-6H2. The van der Waals surface area contributed by atoms with Gasteiger partial charge in [-0.15, -0.1) is 0 Å². The monoisotopic (exact) mass is 296 g/mol. The Morgan fingerprint density at radius 1 is 1.21 bits per heavy atom. The second-order valence-corrected chi connectivity index (χ2v) is 6.87. The minimum absolute atomic E-state index is 0.0536. The number of hydrogen-bond acceptors (Lipinski definition) is 3. The Kier molecular flexibility index (Phi) is 3.77. The first-order valence-corrected chi connectivity index (χ1v) is 7.76. The van der Waals surface area contributed by atoms with E-state index in [0.29, 0.717) is 17.8 Å². The molecule has 0 heterocycles. The summed E-state index contributed by atoms with van der Waals surface area (Å²) in [4.78, 5) is 0. The summed E-state index contributed by atoms with van der Waals surface area (Å²) in [7, 11) is 0. The zero-order chi connectivity index (χ0) is 13.6. The normalized spacial score (nSPS) is 42.6. The molecule has 3 rings (SSSR count). The third-order valence-corrected chi connectivity index (χ3v) is 5.81. The first-order chi connectivity index (χ1) is 9.03. The molecule has 6 atom stereocenters. The molecule has 3 aliphatic rings. The van der Waals surface area contributed by atoms with Crippen LogP contribution in [-0.2, 0) is 4.74 Å². The molecule has 110 valence electrons. The van der Waals surface area contributed by atoms with E-state index in [0.717, 1.165) is 18.8 Å². The summed E-state index contributed by atoms with van der Waals surface area (Å²) < 4.78 is 52.8. The van der Waals surface area contributed by atoms with E-state index in [2.05, 4.69) is 0 Å². The highest BCUT2D eigenvalue weighted by atomic mass is 32.2. The van der Waals surface area contributed by atoms with Gasteiger partial charge >= 0.3 is 5.25 Å². The lowest BCUT2D eigenvalue weighted by molar-refractivity contribution is -0.0777. The molecular weight excluding hydrogens is 277 g/mol. The highest BCUT2D eigenvalue weighted by Crippen LogP contribution is 2.59. The van der Waals surface area contributed by atoms with Gasteiger partial charge in [0.15, 0.2) is 6.17 Å². The van der Waals surface area contributed by atoms with Gasteiger partial charge < -0.3 is 9.29 Å². The summed E-state index contributed by atoms with van der Waals surface area (Å²) in [5, 5.41) is -3.77. The third kappa shape index (κ3) is 2.40. The smallest absolute Gasteiger partial charge is 0.350 e. The fourth-order valence-electron chi connectivity index (χ4n) is 4.56. The maximum Gasteiger partial charge on any atom is 0.350 e. The Labute approximate surface area is 115 Å². The highest BCUT2D eigenvalue weighted by molar-refractivity contribution is 7.94. The van der Waals surface area contributed by atoms with Crippen molar-refractivity contribution in [2.75, 3.05) is 6.61 Å². The van der Waals surface area contributed by atoms with E-state index in [1.165, 1.54) is 19.3 Å². The van der Waals surface area contributed by atoms with E-state index in [9.17, 15) is 13.2 Å². The predicted octanol–water partition coefficient (Wildman–Crippen LogP) is 3.96. The summed E-state index contributed by atoms with van der Waals surface area (Å²) >= 11 is -0.740. The molecule has 19 heavy (non-hydrogen) atoms. The largest absolute Gasteiger partial charge is 0.375 e. The summed E-state index contributed by atoms with van der Waals surface area (Å²) in [6.07, 6.45) is 3.30. The molecule has 6 unspecified atom stereocenters. The van der Waals surface area contributed by atoms with Crippen molar-refractivity contribution in [2.45, 2.75) is 49.6 Å². The van der Waals surface area contributed by atoms with Crippen molar-refractivity contribution >= 4 is 12.0 Å². The van der Waals surface area contributed by atoms with Crippen LogP contribution >= 0.6 is 12.0 Å². The van der Waals surface area contributed by atoms with Crippen LogP contribution in [0.15, 0.2) is 0 Å². The number of rotatable bonds is 5. The molecule has 0 aliphatic heterocycles. The van der Waals surface area contributed by atoms with Crippen LogP contribution in [0, 0.1) is 23.7 Å². The molecule has 0 radical (unpaired) electrons. The van der Waals surface area contributed by atoms with Crippen molar-refractivity contribution in [1.29, 1.82) is 0 Å². The van der Waals surface area contributed by atoms with Crippen LogP contribution in [-0.4, -0.2) is 28.7 Å². The number of alkyl halides is 3. The van der Waals surface area contributed by atoms with Crippen molar-refractivity contribution in [2.24, 2.45) is 23.7 Å². The molecule has 0 spiro atoms. The van der Waals surface area contributed by atoms with E-state index < -0.39 is 30.1 Å². The van der Waals surface area contributed by atoms with Crippen LogP contribution in [0.5, 0.6) is 0 Å². The molecule has 3 saturated carbocycles. The lowest BCUT2D eigenvalue weighted by Crippen LogP contribution is -2.36. The molecule has 0 aromatic rings. The van der Waals surface area contributed by atoms with Gasteiger partial charge in [-0.05, 0) is 49.4 Å². The van der Waals surface area contributed by atoms with Crippen molar-refractivity contribution in [3.63, 3.8) is 0 Å². The van der Waals surface area contributed by atoms with Gasteiger partial charge in [0.1, 0.15) is 0 Å². The molecule has 0 saturated heterocycles. The quantitative estimate of drug-likeness (QED) is 0.779. The summed E-state index contributed by atoms with van der Waals surface area (Å²) in [6, 6.07) is 0. The zero-order valence-electron chi connectivity index (χ0n) is 10.6. The predicted molar refractivity (Wildman–Crippen MR) is 66.8 cm³/mol. The maximum absolute atomic E-state index is 13.3. The molecular formula is C13H19F3O2S. The Bertz CT molecular complexity index is 342. The van der Waals surface area contributed by atoms with Crippen molar-refractivity contribution in [3.05, 3.63) is 0 Å². The van der Waals surface area contributed by atoms with Gasteiger partial charge in [0, 0.05) is 0 Å². The molecule has 0 aromatic carbocycles. The Morgan fingerprint density at radius 2 is 1.95 bits per heavy atom. The second-order valence-electron chi connectivity index (χ2n) is 6.15. The van der Waals surface area contributed by atoms with Crippen LogP contribution in [0.1, 0.15) is 32.1 Å². The lowest BCUT2D eigenvalue weighted by atomic mass is 9.80. The number of hydrogen-bond donors (Lipinski definition) is 1. The van der Waals surface area contributed by atoms with Gasteiger partial charge in [0.25, 0.3) is 0 Å². The maximum atomic E-state index is 13.3. The van der Waals surface area contributed by atoms with Gasteiger partial charge in [-0.3, -0.25) is 0 Å². The fourth-order valence-corrected chi connectivity index (χ4v) is 4.74. The molecule has 2 bridgehead atoms. The van der Waals surface area contributed by atoms with Gasteiger partial charge in [-0.25, -0.2) is 4.39 Å². The SMILES string of the molecule is OSC(F)(F)C(F)COC1CC2CC1C1CCCC21. The first-order valence-electron chi connectivity index (χ1n) is 6.99. The van der Waals surface area contributed by atoms with Crippen LogP contribution < -0.4 is 0 Å². The summed E-state index contributed by atoms with van der Waals surface area (Å²) in [5.74, 6) is 2.59. The minimum Gasteiger partial charge on any atom is -0.375 e. The first kappa shape index (κ1) is 14.0. The van der Waals surface area contributed by atoms with Crippen LogP contribution in [0.4, 0.5) is 13.2 Å². The van der Waals surface area contributed by atoms with Gasteiger partial charge in [0.05, 0.1) is 24.8 Å². The molecule has 3 fully saturated rings. The fraction of sp³-hybridized carbons (Fsp3) is 1.00. The number of ether oxygens (including phenoxy) is 1. The highest BCUT2D eigenvalue weighted by Gasteiger charge is 2.54. The lowest BCUT2D eigenvalue weighted by Gasteiger charge is -2.32. The average molecular weight is 296 g/mol. The average Bonchev–Trinajstić information content (AvgIpc) is 3.07. The van der Waals surface area contributed by atoms with Crippen molar-refractivity contribution in [1.82, 2.24) is 0 Å². The van der Waals surface area contributed by atoms with Gasteiger partial charge in [-0.1, -0.05) is 6.42 Å². The molecule has 0 aromatic heterocycles. The van der Waals surface area contributed by atoms with E-state index >= 15 is 0 Å². The molecule has 0 amide bonds. The molecule has 6 heteroatoms. The van der Waals surface area contributed by atoms with E-state index in [1.54, 1.807) is 0 Å². The Balaban J connectivity index is 1.53. The van der Waals surface area contributed by atoms with Crippen LogP contribution in [0.2, 0.25) is 0 Å². The van der Waals surface area contributed by atoms with Crippen molar-refractivity contribution < 1.29 is 22.5 Å². The number of fused-ring (bicyclic) bond motifs is 5. The van der Waals surface area contributed by atoms with E-state index in [-0.39, 0.29) is 6.10 Å². The summed E-state index contributed by atoms with van der Waals surface area (Å²) in [5.41, 5.74) is 0. The summed E-state index contributed by atoms with van der Waals surface area (Å²) in [6.45, 7) is -0.619.